The first-order valence-corrected chi connectivity index (χ1v) is 6.03. The number of nitrogen functional groups attached to an aromatic ring is 1. The molecule has 4 nitrogen and oxygen atoms in total. The van der Waals surface area contributed by atoms with Gasteiger partial charge in [0.2, 0.25) is 0 Å². The van der Waals surface area contributed by atoms with E-state index in [1.54, 1.807) is 0 Å². The predicted molar refractivity (Wildman–Crippen MR) is 68.6 cm³/mol. The molecule has 1 amide bonds. The Labute approximate surface area is 110 Å². The summed E-state index contributed by atoms with van der Waals surface area (Å²) in [7, 11) is 0. The number of aliphatic hydroxyl groups excluding tert-OH is 1. The van der Waals surface area contributed by atoms with Gasteiger partial charge >= 0.3 is 0 Å². The zero-order valence-electron chi connectivity index (χ0n) is 10.9. The highest BCUT2D eigenvalue weighted by atomic mass is 19.1. The summed E-state index contributed by atoms with van der Waals surface area (Å²) >= 11 is 0. The molecule has 1 aromatic carbocycles. The van der Waals surface area contributed by atoms with Crippen LogP contribution in [0, 0.1) is 17.6 Å². The number of carbonyl (C=O) groups excluding carboxylic acids is 1. The van der Waals surface area contributed by atoms with Gasteiger partial charge in [0.1, 0.15) is 5.82 Å². The van der Waals surface area contributed by atoms with Crippen LogP contribution in [-0.2, 0) is 0 Å². The first-order valence-electron chi connectivity index (χ1n) is 6.03. The van der Waals surface area contributed by atoms with E-state index < -0.39 is 28.8 Å². The number of aliphatic hydroxyl groups is 1. The molecule has 4 N–H and O–H groups in total. The zero-order chi connectivity index (χ0) is 14.6. The summed E-state index contributed by atoms with van der Waals surface area (Å²) in [5.74, 6) is -2.39. The second-order valence-electron chi connectivity index (χ2n) is 4.69. The average molecular weight is 272 g/mol. The maximum absolute atomic E-state index is 13.7. The fourth-order valence-corrected chi connectivity index (χ4v) is 1.73. The van der Waals surface area contributed by atoms with Gasteiger partial charge in [-0.1, -0.05) is 13.8 Å². The van der Waals surface area contributed by atoms with E-state index in [1.807, 2.05) is 13.8 Å². The standard InChI is InChI=1S/C13H18F2N2O2/c1-7(2)11(3-4-18)17-13(19)9-5-8(14)6-10(16)12(9)15/h5-7,11,18H,3-4,16H2,1-2H3,(H,17,19). The number of benzene rings is 1. The molecule has 0 fully saturated rings. The molecule has 6 heteroatoms. The van der Waals surface area contributed by atoms with Crippen LogP contribution in [-0.4, -0.2) is 23.7 Å². The van der Waals surface area contributed by atoms with Crippen molar-refractivity contribution in [3.8, 4) is 0 Å². The van der Waals surface area contributed by atoms with Crippen molar-refractivity contribution in [1.29, 1.82) is 0 Å². The largest absolute Gasteiger partial charge is 0.396 e. The lowest BCUT2D eigenvalue weighted by Gasteiger charge is -2.21. The lowest BCUT2D eigenvalue weighted by atomic mass is 10.0. The highest BCUT2D eigenvalue weighted by Gasteiger charge is 2.20. The Morgan fingerprint density at radius 2 is 2.05 bits per heavy atom. The SMILES string of the molecule is CC(C)C(CCO)NC(=O)c1cc(F)cc(N)c1F. The molecule has 0 radical (unpaired) electrons. The lowest BCUT2D eigenvalue weighted by molar-refractivity contribution is 0.0912. The summed E-state index contributed by atoms with van der Waals surface area (Å²) in [6.45, 7) is 3.62. The van der Waals surface area contributed by atoms with E-state index in [1.165, 1.54) is 0 Å². The maximum Gasteiger partial charge on any atom is 0.254 e. The number of nitrogens with two attached hydrogens (primary N) is 1. The minimum Gasteiger partial charge on any atom is -0.396 e. The number of hydrogen-bond donors (Lipinski definition) is 3. The van der Waals surface area contributed by atoms with Gasteiger partial charge in [0.15, 0.2) is 5.82 Å². The first-order chi connectivity index (χ1) is 8.86. The fraction of sp³-hybridized carbons (Fsp3) is 0.462. The Kier molecular flexibility index (Phi) is 5.23. The van der Waals surface area contributed by atoms with E-state index in [0.717, 1.165) is 12.1 Å². The van der Waals surface area contributed by atoms with Crippen LogP contribution in [0.3, 0.4) is 0 Å². The molecule has 1 unspecified atom stereocenters. The van der Waals surface area contributed by atoms with Crippen molar-refractivity contribution in [2.24, 2.45) is 5.92 Å². The summed E-state index contributed by atoms with van der Waals surface area (Å²) in [5.41, 5.74) is 4.44. The molecule has 0 saturated heterocycles. The van der Waals surface area contributed by atoms with E-state index in [2.05, 4.69) is 5.32 Å². The molecule has 0 aliphatic carbocycles. The average Bonchev–Trinajstić information content (AvgIpc) is 2.32. The van der Waals surface area contributed by atoms with Crippen LogP contribution in [0.2, 0.25) is 0 Å². The van der Waals surface area contributed by atoms with Crippen LogP contribution in [0.25, 0.3) is 0 Å². The summed E-state index contributed by atoms with van der Waals surface area (Å²) in [6.07, 6.45) is 0.343. The molecule has 0 heterocycles. The first kappa shape index (κ1) is 15.4. The monoisotopic (exact) mass is 272 g/mol. The van der Waals surface area contributed by atoms with Crippen LogP contribution in [0.4, 0.5) is 14.5 Å². The highest BCUT2D eigenvalue weighted by molar-refractivity contribution is 5.95. The zero-order valence-corrected chi connectivity index (χ0v) is 10.9. The maximum atomic E-state index is 13.7. The number of carbonyl (C=O) groups is 1. The predicted octanol–water partition coefficient (Wildman–Crippen LogP) is 1.68. The van der Waals surface area contributed by atoms with Crippen molar-refractivity contribution in [3.63, 3.8) is 0 Å². The Balaban J connectivity index is 2.94. The van der Waals surface area contributed by atoms with Gasteiger partial charge < -0.3 is 16.2 Å². The number of rotatable bonds is 5. The van der Waals surface area contributed by atoms with Gasteiger partial charge in [-0.25, -0.2) is 8.78 Å². The molecular weight excluding hydrogens is 254 g/mol. The molecular formula is C13H18F2N2O2. The van der Waals surface area contributed by atoms with Crippen LogP contribution in [0.1, 0.15) is 30.6 Å². The molecule has 0 saturated carbocycles. The summed E-state index contributed by atoms with van der Waals surface area (Å²) in [4.78, 5) is 11.9. The Morgan fingerprint density at radius 1 is 1.42 bits per heavy atom. The third-order valence-corrected chi connectivity index (χ3v) is 2.87. The highest BCUT2D eigenvalue weighted by Crippen LogP contribution is 2.18. The van der Waals surface area contributed by atoms with Gasteiger partial charge in [0, 0.05) is 12.6 Å². The van der Waals surface area contributed by atoms with Crippen molar-refractivity contribution in [2.75, 3.05) is 12.3 Å². The summed E-state index contributed by atoms with van der Waals surface area (Å²) in [6, 6.07) is 1.30. The van der Waals surface area contributed by atoms with Gasteiger partial charge in [-0.15, -0.1) is 0 Å². The number of anilines is 1. The number of amides is 1. The second-order valence-corrected chi connectivity index (χ2v) is 4.69. The summed E-state index contributed by atoms with van der Waals surface area (Å²) in [5, 5.41) is 11.5. The third kappa shape index (κ3) is 3.89. The molecule has 0 aromatic heterocycles. The smallest absolute Gasteiger partial charge is 0.254 e. The number of nitrogens with one attached hydrogen (secondary N) is 1. The molecule has 0 aliphatic heterocycles. The van der Waals surface area contributed by atoms with E-state index in [4.69, 9.17) is 10.8 Å². The minimum atomic E-state index is -0.939. The Hall–Kier alpha value is -1.69. The normalized spacial score (nSPS) is 12.5. The Bertz CT molecular complexity index is 464. The van der Waals surface area contributed by atoms with Crippen molar-refractivity contribution in [1.82, 2.24) is 5.32 Å². The topological polar surface area (TPSA) is 75.3 Å². The van der Waals surface area contributed by atoms with Gasteiger partial charge in [-0.3, -0.25) is 4.79 Å². The van der Waals surface area contributed by atoms with E-state index in [9.17, 15) is 13.6 Å². The molecule has 0 aliphatic rings. The summed E-state index contributed by atoms with van der Waals surface area (Å²) < 4.78 is 26.8. The van der Waals surface area contributed by atoms with Crippen LogP contribution in [0.5, 0.6) is 0 Å². The van der Waals surface area contributed by atoms with Crippen LogP contribution >= 0.6 is 0 Å². The quantitative estimate of drug-likeness (QED) is 0.714. The van der Waals surface area contributed by atoms with Crippen LogP contribution < -0.4 is 11.1 Å². The molecule has 1 aromatic rings. The van der Waals surface area contributed by atoms with Crippen molar-refractivity contribution >= 4 is 11.6 Å². The molecule has 0 spiro atoms. The van der Waals surface area contributed by atoms with Gasteiger partial charge in [-0.05, 0) is 24.5 Å². The third-order valence-electron chi connectivity index (χ3n) is 2.87. The van der Waals surface area contributed by atoms with E-state index in [-0.39, 0.29) is 18.6 Å². The minimum absolute atomic E-state index is 0.0602. The van der Waals surface area contributed by atoms with Crippen molar-refractivity contribution in [3.05, 3.63) is 29.3 Å². The fourth-order valence-electron chi connectivity index (χ4n) is 1.73. The van der Waals surface area contributed by atoms with Gasteiger partial charge in [-0.2, -0.15) is 0 Å². The molecule has 0 bridgehead atoms. The molecule has 19 heavy (non-hydrogen) atoms. The van der Waals surface area contributed by atoms with Crippen molar-refractivity contribution < 1.29 is 18.7 Å². The second kappa shape index (κ2) is 6.47. The van der Waals surface area contributed by atoms with Crippen molar-refractivity contribution in [2.45, 2.75) is 26.3 Å². The van der Waals surface area contributed by atoms with Gasteiger partial charge in [0.25, 0.3) is 5.91 Å². The Morgan fingerprint density at radius 3 is 2.58 bits per heavy atom. The van der Waals surface area contributed by atoms with E-state index >= 15 is 0 Å². The molecule has 106 valence electrons. The molecule has 1 atom stereocenters. The number of halogens is 2. The number of hydrogen-bond acceptors (Lipinski definition) is 3. The lowest BCUT2D eigenvalue weighted by Crippen LogP contribution is -2.39. The molecule has 1 rings (SSSR count). The van der Waals surface area contributed by atoms with Crippen LogP contribution in [0.15, 0.2) is 12.1 Å². The van der Waals surface area contributed by atoms with E-state index in [0.29, 0.717) is 6.42 Å². The van der Waals surface area contributed by atoms with Gasteiger partial charge in [0.05, 0.1) is 11.3 Å².